The summed E-state index contributed by atoms with van der Waals surface area (Å²) >= 11 is 0. The second kappa shape index (κ2) is 7.74. The van der Waals surface area contributed by atoms with Gasteiger partial charge >= 0.3 is 6.03 Å². The van der Waals surface area contributed by atoms with Crippen molar-refractivity contribution in [3.63, 3.8) is 0 Å². The van der Waals surface area contributed by atoms with Gasteiger partial charge in [-0.1, -0.05) is 17.3 Å². The number of halogens is 3. The van der Waals surface area contributed by atoms with E-state index in [2.05, 4.69) is 10.5 Å². The van der Waals surface area contributed by atoms with Gasteiger partial charge in [-0.2, -0.15) is 0 Å². The maximum atomic E-state index is 13.5. The van der Waals surface area contributed by atoms with Gasteiger partial charge in [0.15, 0.2) is 23.2 Å². The number of carbonyl (C=O) groups excluding carboxylic acids is 1. The maximum absolute atomic E-state index is 13.5. The molecule has 3 aromatic rings. The third-order valence-corrected chi connectivity index (χ3v) is 5.07. The lowest BCUT2D eigenvalue weighted by Crippen LogP contribution is -2.44. The van der Waals surface area contributed by atoms with Crippen molar-refractivity contribution in [2.45, 2.75) is 25.9 Å². The maximum Gasteiger partial charge on any atom is 0.322 e. The predicted molar refractivity (Wildman–Crippen MR) is 103 cm³/mol. The van der Waals surface area contributed by atoms with Crippen molar-refractivity contribution in [1.29, 1.82) is 0 Å². The van der Waals surface area contributed by atoms with Crippen LogP contribution in [0.5, 0.6) is 5.75 Å². The van der Waals surface area contributed by atoms with Crippen LogP contribution in [-0.2, 0) is 13.0 Å². The molecule has 0 saturated carbocycles. The quantitative estimate of drug-likeness (QED) is 0.625. The van der Waals surface area contributed by atoms with E-state index in [4.69, 9.17) is 9.26 Å². The van der Waals surface area contributed by atoms with Crippen LogP contribution >= 0.6 is 0 Å². The second-order valence-electron chi connectivity index (χ2n) is 7.00. The zero-order chi connectivity index (χ0) is 21.4. The normalized spacial score (nSPS) is 15.6. The summed E-state index contributed by atoms with van der Waals surface area (Å²) in [7, 11) is 1.55. The van der Waals surface area contributed by atoms with Crippen LogP contribution in [0.1, 0.15) is 18.2 Å². The Morgan fingerprint density at radius 3 is 2.63 bits per heavy atom. The van der Waals surface area contributed by atoms with Crippen molar-refractivity contribution >= 4 is 11.7 Å². The number of anilines is 1. The Labute approximate surface area is 170 Å². The number of urea groups is 1. The SMILES string of the molecule is COc1ccccc1-c1onc2c1CN(C(=O)Nc1cc(F)c(F)c(F)c1)C(C)C2. The molecule has 2 heterocycles. The molecule has 0 fully saturated rings. The Morgan fingerprint density at radius 1 is 1.23 bits per heavy atom. The number of aromatic nitrogens is 1. The number of methoxy groups -OCH3 is 1. The van der Waals surface area contributed by atoms with Crippen LogP contribution in [0, 0.1) is 17.5 Å². The van der Waals surface area contributed by atoms with E-state index < -0.39 is 23.5 Å². The number of carbonyl (C=O) groups is 1. The molecular weight excluding hydrogens is 399 g/mol. The topological polar surface area (TPSA) is 67.6 Å². The van der Waals surface area contributed by atoms with E-state index in [1.807, 2.05) is 25.1 Å². The van der Waals surface area contributed by atoms with Gasteiger partial charge in [0.25, 0.3) is 0 Å². The van der Waals surface area contributed by atoms with E-state index in [-0.39, 0.29) is 18.3 Å². The molecule has 4 rings (SSSR count). The van der Waals surface area contributed by atoms with Crippen molar-refractivity contribution < 1.29 is 27.2 Å². The Kier molecular flexibility index (Phi) is 5.11. The molecule has 30 heavy (non-hydrogen) atoms. The van der Waals surface area contributed by atoms with Gasteiger partial charge in [0.2, 0.25) is 0 Å². The highest BCUT2D eigenvalue weighted by molar-refractivity contribution is 5.90. The van der Waals surface area contributed by atoms with Crippen LogP contribution in [0.4, 0.5) is 23.7 Å². The number of ether oxygens (including phenoxy) is 1. The van der Waals surface area contributed by atoms with Crippen LogP contribution in [0.15, 0.2) is 40.9 Å². The fourth-order valence-electron chi connectivity index (χ4n) is 3.52. The molecule has 1 aromatic heterocycles. The number of hydrogen-bond acceptors (Lipinski definition) is 4. The molecule has 1 atom stereocenters. The average Bonchev–Trinajstić information content (AvgIpc) is 3.13. The first-order valence-electron chi connectivity index (χ1n) is 9.22. The molecule has 0 bridgehead atoms. The molecule has 1 aliphatic rings. The largest absolute Gasteiger partial charge is 0.496 e. The van der Waals surface area contributed by atoms with Crippen molar-refractivity contribution in [3.05, 3.63) is 65.1 Å². The number of para-hydroxylation sites is 1. The number of amides is 2. The molecule has 1 aliphatic heterocycles. The summed E-state index contributed by atoms with van der Waals surface area (Å²) in [4.78, 5) is 14.3. The van der Waals surface area contributed by atoms with Gasteiger partial charge in [-0.3, -0.25) is 0 Å². The van der Waals surface area contributed by atoms with Gasteiger partial charge in [0.05, 0.1) is 24.9 Å². The summed E-state index contributed by atoms with van der Waals surface area (Å²) in [6.07, 6.45) is 0.438. The van der Waals surface area contributed by atoms with Crippen molar-refractivity contribution in [2.75, 3.05) is 12.4 Å². The second-order valence-corrected chi connectivity index (χ2v) is 7.00. The summed E-state index contributed by atoms with van der Waals surface area (Å²) in [5.74, 6) is -3.25. The number of nitrogens with zero attached hydrogens (tertiary/aromatic N) is 2. The molecule has 156 valence electrons. The minimum Gasteiger partial charge on any atom is -0.496 e. The first kappa shape index (κ1) is 19.8. The van der Waals surface area contributed by atoms with E-state index in [1.165, 1.54) is 4.90 Å². The molecule has 0 radical (unpaired) electrons. The minimum absolute atomic E-state index is 0.172. The van der Waals surface area contributed by atoms with Crippen LogP contribution in [-0.4, -0.2) is 29.2 Å². The number of rotatable bonds is 3. The molecule has 2 aromatic carbocycles. The Hall–Kier alpha value is -3.49. The lowest BCUT2D eigenvalue weighted by Gasteiger charge is -2.32. The molecule has 6 nitrogen and oxygen atoms in total. The Balaban J connectivity index is 1.62. The predicted octanol–water partition coefficient (Wildman–Crippen LogP) is 4.75. The van der Waals surface area contributed by atoms with Crippen molar-refractivity contribution in [2.24, 2.45) is 0 Å². The third kappa shape index (κ3) is 3.47. The lowest BCUT2D eigenvalue weighted by molar-refractivity contribution is 0.182. The van der Waals surface area contributed by atoms with Crippen molar-refractivity contribution in [1.82, 2.24) is 10.1 Å². The summed E-state index contributed by atoms with van der Waals surface area (Å²) in [5.41, 5.74) is 1.98. The van der Waals surface area contributed by atoms with Crippen LogP contribution in [0.25, 0.3) is 11.3 Å². The number of nitrogens with one attached hydrogen (secondary N) is 1. The Morgan fingerprint density at radius 2 is 1.93 bits per heavy atom. The summed E-state index contributed by atoms with van der Waals surface area (Å²) < 4.78 is 51.0. The number of benzene rings is 2. The standard InChI is InChI=1S/C21H18F3N3O3/c1-11-7-17-14(20(30-26-17)13-5-3-4-6-18(13)29-2)10-27(11)21(28)25-12-8-15(22)19(24)16(23)9-12/h3-6,8-9,11H,7,10H2,1-2H3,(H,25,28). The van der Waals surface area contributed by atoms with E-state index in [0.717, 1.165) is 23.4 Å². The highest BCUT2D eigenvalue weighted by atomic mass is 19.2. The third-order valence-electron chi connectivity index (χ3n) is 5.07. The molecule has 0 spiro atoms. The minimum atomic E-state index is -1.59. The van der Waals surface area contributed by atoms with Gasteiger partial charge in [-0.15, -0.1) is 0 Å². The van der Waals surface area contributed by atoms with Gasteiger partial charge in [-0.05, 0) is 19.1 Å². The van der Waals surface area contributed by atoms with E-state index in [1.54, 1.807) is 13.2 Å². The van der Waals surface area contributed by atoms with Crippen LogP contribution in [0.2, 0.25) is 0 Å². The molecule has 1 N–H and O–H groups in total. The molecule has 0 aliphatic carbocycles. The van der Waals surface area contributed by atoms with Gasteiger partial charge in [0, 0.05) is 35.8 Å². The van der Waals surface area contributed by atoms with Gasteiger partial charge in [-0.25, -0.2) is 18.0 Å². The van der Waals surface area contributed by atoms with E-state index in [9.17, 15) is 18.0 Å². The molecule has 9 heteroatoms. The highest BCUT2D eigenvalue weighted by Crippen LogP contribution is 2.37. The molecule has 2 amide bonds. The van der Waals surface area contributed by atoms with Gasteiger partial charge < -0.3 is 19.5 Å². The smallest absolute Gasteiger partial charge is 0.322 e. The first-order chi connectivity index (χ1) is 14.4. The highest BCUT2D eigenvalue weighted by Gasteiger charge is 2.33. The number of hydrogen-bond donors (Lipinski definition) is 1. The first-order valence-corrected chi connectivity index (χ1v) is 9.22. The van der Waals surface area contributed by atoms with E-state index in [0.29, 0.717) is 23.5 Å². The fraction of sp³-hybridized carbons (Fsp3) is 0.238. The van der Waals surface area contributed by atoms with Crippen LogP contribution < -0.4 is 10.1 Å². The summed E-state index contributed by atoms with van der Waals surface area (Å²) in [6.45, 7) is 2.00. The fourth-order valence-corrected chi connectivity index (χ4v) is 3.52. The lowest BCUT2D eigenvalue weighted by atomic mass is 9.97. The number of fused-ring (bicyclic) bond motifs is 1. The molecule has 0 saturated heterocycles. The van der Waals surface area contributed by atoms with Crippen molar-refractivity contribution in [3.8, 4) is 17.1 Å². The van der Waals surface area contributed by atoms with Gasteiger partial charge in [0.1, 0.15) is 5.75 Å². The van der Waals surface area contributed by atoms with Crippen LogP contribution in [0.3, 0.4) is 0 Å². The average molecular weight is 417 g/mol. The summed E-state index contributed by atoms with van der Waals surface area (Å²) in [6, 6.07) is 7.92. The zero-order valence-electron chi connectivity index (χ0n) is 16.2. The molecule has 1 unspecified atom stereocenters. The zero-order valence-corrected chi connectivity index (χ0v) is 16.2. The molecular formula is C21H18F3N3O3. The Bertz CT molecular complexity index is 1090. The monoisotopic (exact) mass is 417 g/mol. The van der Waals surface area contributed by atoms with E-state index >= 15 is 0 Å². The summed E-state index contributed by atoms with van der Waals surface area (Å²) in [5, 5.41) is 6.56.